The van der Waals surface area contributed by atoms with Gasteiger partial charge < -0.3 is 15.0 Å². The number of nitrogens with zero attached hydrogens (tertiary/aromatic N) is 2. The third kappa shape index (κ3) is 3.21. The van der Waals surface area contributed by atoms with Gasteiger partial charge >= 0.3 is 5.97 Å². The monoisotopic (exact) mass is 315 g/mol. The molecule has 1 aromatic carbocycles. The van der Waals surface area contributed by atoms with Crippen LogP contribution in [0.25, 0.3) is 11.0 Å². The molecule has 0 saturated heterocycles. The molecule has 1 saturated carbocycles. The minimum absolute atomic E-state index is 0.0612. The average Bonchev–Trinajstić information content (AvgIpc) is 2.48. The predicted molar refractivity (Wildman–Crippen MR) is 88.8 cm³/mol. The molecule has 1 heterocycles. The molecule has 1 aromatic heterocycles. The van der Waals surface area contributed by atoms with E-state index in [9.17, 15) is 9.59 Å². The molecule has 1 aliphatic rings. The number of hydrogen-bond acceptors (Lipinski definition) is 4. The summed E-state index contributed by atoms with van der Waals surface area (Å²) in [4.78, 5) is 27.8. The van der Waals surface area contributed by atoms with Crippen molar-refractivity contribution in [3.8, 4) is 0 Å². The van der Waals surface area contributed by atoms with Crippen molar-refractivity contribution < 1.29 is 9.90 Å². The van der Waals surface area contributed by atoms with Crippen molar-refractivity contribution in [3.63, 3.8) is 0 Å². The van der Waals surface area contributed by atoms with E-state index in [0.717, 1.165) is 11.9 Å². The number of fused-ring (bicyclic) bond motifs is 1. The van der Waals surface area contributed by atoms with Gasteiger partial charge in [0.15, 0.2) is 5.82 Å². The zero-order valence-electron chi connectivity index (χ0n) is 13.2. The highest BCUT2D eigenvalue weighted by Crippen LogP contribution is 2.34. The lowest BCUT2D eigenvalue weighted by atomic mass is 9.81. The lowest BCUT2D eigenvalue weighted by Gasteiger charge is -2.29. The zero-order valence-corrected chi connectivity index (χ0v) is 13.2. The van der Waals surface area contributed by atoms with Gasteiger partial charge in [0.05, 0.1) is 11.0 Å². The van der Waals surface area contributed by atoms with Crippen LogP contribution in [0.15, 0.2) is 29.1 Å². The van der Waals surface area contributed by atoms with Crippen molar-refractivity contribution >= 4 is 22.8 Å². The Hall–Kier alpha value is -2.37. The Balaban J connectivity index is 2.03. The summed E-state index contributed by atoms with van der Waals surface area (Å²) in [6, 6.07) is 7.54. The summed E-state index contributed by atoms with van der Waals surface area (Å²) in [5.74, 6) is -0.237. The Morgan fingerprint density at radius 1 is 1.43 bits per heavy atom. The first kappa shape index (κ1) is 15.5. The summed E-state index contributed by atoms with van der Waals surface area (Å²) in [6.45, 7) is 1.73. The molecular formula is C17H21N3O3. The van der Waals surface area contributed by atoms with Gasteiger partial charge in [-0.3, -0.25) is 9.59 Å². The number of benzene rings is 1. The van der Waals surface area contributed by atoms with Crippen molar-refractivity contribution in [2.45, 2.75) is 38.6 Å². The number of carboxylic acids is 1. The molecule has 0 spiro atoms. The van der Waals surface area contributed by atoms with E-state index in [1.807, 2.05) is 31.2 Å². The fourth-order valence-electron chi connectivity index (χ4n) is 3.18. The first-order valence-corrected chi connectivity index (χ1v) is 8.03. The molecule has 1 atom stereocenters. The summed E-state index contributed by atoms with van der Waals surface area (Å²) in [6.07, 6.45) is 4.69. The maximum Gasteiger partial charge on any atom is 0.322 e. The minimum Gasteiger partial charge on any atom is -0.480 e. The Labute approximate surface area is 134 Å². The van der Waals surface area contributed by atoms with E-state index in [1.165, 1.54) is 19.3 Å². The van der Waals surface area contributed by atoms with Gasteiger partial charge in [0.1, 0.15) is 6.54 Å². The third-order valence-corrected chi connectivity index (χ3v) is 4.54. The Bertz CT molecular complexity index is 780. The van der Waals surface area contributed by atoms with Gasteiger partial charge in [0.2, 0.25) is 0 Å². The molecule has 2 aromatic rings. The topological polar surface area (TPSA) is 84.2 Å². The number of hydrogen-bond donors (Lipinski definition) is 2. The lowest BCUT2D eigenvalue weighted by Crippen LogP contribution is -2.30. The quantitative estimate of drug-likeness (QED) is 0.856. The van der Waals surface area contributed by atoms with Crippen molar-refractivity contribution in [2.24, 2.45) is 5.92 Å². The molecule has 6 nitrogen and oxygen atoms in total. The molecule has 1 aliphatic carbocycles. The standard InChI is InChI=1S/C17H21N3O3/c1-11(9-12-5-4-6-12)20-14-8-3-2-7-13(14)19-16(17(20)23)18-10-15(21)22/h2-3,7-8,11-12H,4-6,9-10H2,1H3,(H,18,19)(H,21,22)/t11-/m1/s1. The summed E-state index contributed by atoms with van der Waals surface area (Å²) in [5.41, 5.74) is 1.24. The van der Waals surface area contributed by atoms with Crippen molar-refractivity contribution in [1.29, 1.82) is 0 Å². The number of carboxylic acid groups (broad SMARTS) is 1. The van der Waals surface area contributed by atoms with Gasteiger partial charge in [0, 0.05) is 6.04 Å². The van der Waals surface area contributed by atoms with E-state index in [0.29, 0.717) is 11.4 Å². The van der Waals surface area contributed by atoms with Crippen LogP contribution in [0.5, 0.6) is 0 Å². The fraction of sp³-hybridized carbons (Fsp3) is 0.471. The molecule has 122 valence electrons. The molecule has 0 aliphatic heterocycles. The SMILES string of the molecule is C[C@H](CC1CCC1)n1c(=O)c(NCC(=O)O)nc2ccccc21. The van der Waals surface area contributed by atoms with Gasteiger partial charge in [-0.15, -0.1) is 0 Å². The van der Waals surface area contributed by atoms with Gasteiger partial charge in [-0.25, -0.2) is 4.98 Å². The second kappa shape index (κ2) is 6.40. The Kier molecular flexibility index (Phi) is 4.32. The summed E-state index contributed by atoms with van der Waals surface area (Å²) >= 11 is 0. The second-order valence-electron chi connectivity index (χ2n) is 6.25. The van der Waals surface area contributed by atoms with Crippen LogP contribution < -0.4 is 10.9 Å². The highest BCUT2D eigenvalue weighted by molar-refractivity contribution is 5.77. The van der Waals surface area contributed by atoms with E-state index in [2.05, 4.69) is 10.3 Å². The minimum atomic E-state index is -1.02. The van der Waals surface area contributed by atoms with Gasteiger partial charge in [-0.2, -0.15) is 0 Å². The molecule has 23 heavy (non-hydrogen) atoms. The molecule has 6 heteroatoms. The zero-order chi connectivity index (χ0) is 16.4. The van der Waals surface area contributed by atoms with Crippen LogP contribution in [0.4, 0.5) is 5.82 Å². The van der Waals surface area contributed by atoms with Crippen LogP contribution in [0.2, 0.25) is 0 Å². The van der Waals surface area contributed by atoms with E-state index >= 15 is 0 Å². The second-order valence-corrected chi connectivity index (χ2v) is 6.25. The molecule has 1 fully saturated rings. The van der Waals surface area contributed by atoms with Crippen molar-refractivity contribution in [2.75, 3.05) is 11.9 Å². The number of carbonyl (C=O) groups is 1. The van der Waals surface area contributed by atoms with Crippen LogP contribution in [-0.4, -0.2) is 27.2 Å². The number of nitrogens with one attached hydrogen (secondary N) is 1. The number of anilines is 1. The Morgan fingerprint density at radius 2 is 2.17 bits per heavy atom. The number of rotatable bonds is 6. The fourth-order valence-corrected chi connectivity index (χ4v) is 3.18. The first-order chi connectivity index (χ1) is 11.1. The molecule has 0 bridgehead atoms. The third-order valence-electron chi connectivity index (χ3n) is 4.54. The lowest BCUT2D eigenvalue weighted by molar-refractivity contribution is -0.134. The number of aliphatic carboxylic acids is 1. The predicted octanol–water partition coefficient (Wildman–Crippen LogP) is 2.64. The van der Waals surface area contributed by atoms with E-state index < -0.39 is 5.97 Å². The van der Waals surface area contributed by atoms with Crippen molar-refractivity contribution in [1.82, 2.24) is 9.55 Å². The average molecular weight is 315 g/mol. The van der Waals surface area contributed by atoms with Gasteiger partial charge in [-0.1, -0.05) is 31.4 Å². The number of para-hydroxylation sites is 2. The molecular weight excluding hydrogens is 294 g/mol. The highest BCUT2D eigenvalue weighted by Gasteiger charge is 2.23. The highest BCUT2D eigenvalue weighted by atomic mass is 16.4. The summed E-state index contributed by atoms with van der Waals surface area (Å²) in [7, 11) is 0. The van der Waals surface area contributed by atoms with E-state index in [4.69, 9.17) is 5.11 Å². The van der Waals surface area contributed by atoms with Crippen LogP contribution in [0.3, 0.4) is 0 Å². The van der Waals surface area contributed by atoms with Crippen LogP contribution in [0.1, 0.15) is 38.6 Å². The van der Waals surface area contributed by atoms with E-state index in [-0.39, 0.29) is 24.0 Å². The number of aromatic nitrogens is 2. The Morgan fingerprint density at radius 3 is 2.83 bits per heavy atom. The smallest absolute Gasteiger partial charge is 0.322 e. The van der Waals surface area contributed by atoms with Gasteiger partial charge in [-0.05, 0) is 31.4 Å². The molecule has 0 amide bonds. The maximum atomic E-state index is 12.8. The summed E-state index contributed by atoms with van der Waals surface area (Å²) in [5, 5.41) is 11.5. The van der Waals surface area contributed by atoms with Gasteiger partial charge in [0.25, 0.3) is 5.56 Å². The molecule has 0 radical (unpaired) electrons. The van der Waals surface area contributed by atoms with E-state index in [1.54, 1.807) is 4.57 Å². The van der Waals surface area contributed by atoms with Crippen molar-refractivity contribution in [3.05, 3.63) is 34.6 Å². The molecule has 3 rings (SSSR count). The maximum absolute atomic E-state index is 12.8. The van der Waals surface area contributed by atoms with Crippen LogP contribution in [0, 0.1) is 5.92 Å². The normalized spacial score (nSPS) is 16.0. The van der Waals surface area contributed by atoms with Crippen LogP contribution in [-0.2, 0) is 4.79 Å². The molecule has 2 N–H and O–H groups in total. The summed E-state index contributed by atoms with van der Waals surface area (Å²) < 4.78 is 1.75. The molecule has 0 unspecified atom stereocenters. The largest absolute Gasteiger partial charge is 0.480 e. The van der Waals surface area contributed by atoms with Crippen LogP contribution >= 0.6 is 0 Å². The first-order valence-electron chi connectivity index (χ1n) is 8.03.